The minimum absolute atomic E-state index is 0.120. The lowest BCUT2D eigenvalue weighted by Crippen LogP contribution is -2.46. The van der Waals surface area contributed by atoms with Crippen LogP contribution >= 0.6 is 0 Å². The maximum Gasteiger partial charge on any atom is 0.329 e. The number of benzene rings is 2. The van der Waals surface area contributed by atoms with E-state index < -0.39 is 23.8 Å². The van der Waals surface area contributed by atoms with E-state index in [2.05, 4.69) is 0 Å². The molecule has 2 aliphatic heterocycles. The molecule has 0 saturated carbocycles. The summed E-state index contributed by atoms with van der Waals surface area (Å²) in [5, 5.41) is 0. The van der Waals surface area contributed by atoms with Crippen LogP contribution in [0, 0.1) is 0 Å². The molecular formula is C19H15NO6. The van der Waals surface area contributed by atoms with Gasteiger partial charge < -0.3 is 14.2 Å². The van der Waals surface area contributed by atoms with E-state index in [0.29, 0.717) is 11.5 Å². The Hall–Kier alpha value is -3.35. The molecule has 2 amide bonds. The van der Waals surface area contributed by atoms with Gasteiger partial charge in [0.05, 0.1) is 18.2 Å². The number of rotatable bonds is 4. The summed E-state index contributed by atoms with van der Waals surface area (Å²) in [7, 11) is 1.23. The van der Waals surface area contributed by atoms with Gasteiger partial charge in [-0.2, -0.15) is 0 Å². The maximum absolute atomic E-state index is 12.7. The first-order chi connectivity index (χ1) is 12.6. The van der Waals surface area contributed by atoms with Gasteiger partial charge in [0, 0.05) is 6.42 Å². The molecule has 0 aromatic heterocycles. The zero-order valence-corrected chi connectivity index (χ0v) is 13.9. The van der Waals surface area contributed by atoms with Gasteiger partial charge in [0.15, 0.2) is 11.5 Å². The van der Waals surface area contributed by atoms with Gasteiger partial charge in [0.2, 0.25) is 6.79 Å². The van der Waals surface area contributed by atoms with Crippen molar-refractivity contribution in [1.82, 2.24) is 4.90 Å². The highest BCUT2D eigenvalue weighted by atomic mass is 16.7. The number of methoxy groups -OCH3 is 1. The van der Waals surface area contributed by atoms with E-state index in [-0.39, 0.29) is 24.3 Å². The van der Waals surface area contributed by atoms with E-state index in [1.165, 1.54) is 7.11 Å². The van der Waals surface area contributed by atoms with Crippen molar-refractivity contribution in [2.75, 3.05) is 13.9 Å². The Labute approximate surface area is 149 Å². The van der Waals surface area contributed by atoms with Gasteiger partial charge in [-0.1, -0.05) is 18.2 Å². The molecule has 1 atom stereocenters. The number of esters is 1. The third kappa shape index (κ3) is 2.48. The lowest BCUT2D eigenvalue weighted by molar-refractivity contribution is -0.145. The molecule has 7 nitrogen and oxygen atoms in total. The molecule has 0 aliphatic carbocycles. The van der Waals surface area contributed by atoms with Crippen molar-refractivity contribution in [1.29, 1.82) is 0 Å². The Morgan fingerprint density at radius 3 is 2.38 bits per heavy atom. The van der Waals surface area contributed by atoms with Gasteiger partial charge in [-0.05, 0) is 29.8 Å². The number of carbonyl (C=O) groups is 3. The quantitative estimate of drug-likeness (QED) is 0.616. The highest BCUT2D eigenvalue weighted by Crippen LogP contribution is 2.34. The second kappa shape index (κ2) is 6.18. The summed E-state index contributed by atoms with van der Waals surface area (Å²) in [6.07, 6.45) is 0.120. The second-order valence-electron chi connectivity index (χ2n) is 5.96. The first-order valence-electron chi connectivity index (χ1n) is 8.03. The van der Waals surface area contributed by atoms with Crippen LogP contribution in [0.25, 0.3) is 0 Å². The zero-order valence-electron chi connectivity index (χ0n) is 13.9. The van der Waals surface area contributed by atoms with E-state index >= 15 is 0 Å². The number of hydrogen-bond donors (Lipinski definition) is 0. The Morgan fingerprint density at radius 1 is 1.08 bits per heavy atom. The van der Waals surface area contributed by atoms with Crippen molar-refractivity contribution in [3.8, 4) is 11.5 Å². The number of hydrogen-bond acceptors (Lipinski definition) is 6. The van der Waals surface area contributed by atoms with Gasteiger partial charge in [-0.25, -0.2) is 4.79 Å². The Balaban J connectivity index is 1.67. The fourth-order valence-electron chi connectivity index (χ4n) is 3.20. The number of nitrogens with zero attached hydrogens (tertiary/aromatic N) is 1. The third-order valence-corrected chi connectivity index (χ3v) is 4.48. The minimum Gasteiger partial charge on any atom is -0.467 e. The first-order valence-corrected chi connectivity index (χ1v) is 8.03. The molecule has 2 aromatic rings. The molecule has 0 bridgehead atoms. The first kappa shape index (κ1) is 16.1. The number of ether oxygens (including phenoxy) is 3. The number of imide groups is 1. The maximum atomic E-state index is 12.7. The minimum atomic E-state index is -1.06. The Kier molecular flexibility index (Phi) is 3.84. The molecule has 132 valence electrons. The van der Waals surface area contributed by atoms with Crippen LogP contribution in [0.2, 0.25) is 0 Å². The number of carbonyl (C=O) groups excluding carboxylic acids is 3. The molecule has 2 aliphatic rings. The highest BCUT2D eigenvalue weighted by Gasteiger charge is 2.43. The predicted molar refractivity (Wildman–Crippen MR) is 89.0 cm³/mol. The average molecular weight is 353 g/mol. The van der Waals surface area contributed by atoms with Crippen LogP contribution in [0.1, 0.15) is 26.3 Å². The van der Waals surface area contributed by atoms with E-state index in [1.807, 2.05) is 0 Å². The summed E-state index contributed by atoms with van der Waals surface area (Å²) in [4.78, 5) is 38.7. The van der Waals surface area contributed by atoms with Crippen molar-refractivity contribution in [3.05, 3.63) is 59.2 Å². The molecule has 2 heterocycles. The van der Waals surface area contributed by atoms with Crippen LogP contribution in [-0.2, 0) is 16.0 Å². The van der Waals surface area contributed by atoms with Gasteiger partial charge >= 0.3 is 5.97 Å². The van der Waals surface area contributed by atoms with Gasteiger partial charge in [-0.15, -0.1) is 0 Å². The summed E-state index contributed by atoms with van der Waals surface area (Å²) >= 11 is 0. The lowest BCUT2D eigenvalue weighted by Gasteiger charge is -2.24. The normalized spacial score (nSPS) is 15.8. The summed E-state index contributed by atoms with van der Waals surface area (Å²) in [5.41, 5.74) is 1.30. The van der Waals surface area contributed by atoms with Crippen molar-refractivity contribution < 1.29 is 28.6 Å². The molecule has 0 spiro atoms. The molecule has 0 N–H and O–H groups in total. The van der Waals surface area contributed by atoms with Crippen LogP contribution in [0.3, 0.4) is 0 Å². The SMILES string of the molecule is COC(=O)[C@H](Cc1ccc2c(c1)OCO2)N1C(=O)c2ccccc2C1=O. The molecule has 0 saturated heterocycles. The van der Waals surface area contributed by atoms with Crippen LogP contribution < -0.4 is 9.47 Å². The van der Waals surface area contributed by atoms with Crippen LogP contribution in [0.5, 0.6) is 11.5 Å². The van der Waals surface area contributed by atoms with Gasteiger partial charge in [-0.3, -0.25) is 14.5 Å². The summed E-state index contributed by atoms with van der Waals surface area (Å²) in [6.45, 7) is 0.137. The van der Waals surface area contributed by atoms with Crippen molar-refractivity contribution in [2.24, 2.45) is 0 Å². The van der Waals surface area contributed by atoms with Crippen molar-refractivity contribution in [2.45, 2.75) is 12.5 Å². The monoisotopic (exact) mass is 353 g/mol. The molecule has 26 heavy (non-hydrogen) atoms. The summed E-state index contributed by atoms with van der Waals surface area (Å²) < 4.78 is 15.5. The standard InChI is InChI=1S/C19H15NO6/c1-24-19(23)14(8-11-6-7-15-16(9-11)26-10-25-15)20-17(21)12-4-2-3-5-13(12)18(20)22/h2-7,9,14H,8,10H2,1H3/t14-/m0/s1. The molecule has 0 radical (unpaired) electrons. The van der Waals surface area contributed by atoms with Gasteiger partial charge in [0.1, 0.15) is 6.04 Å². The van der Waals surface area contributed by atoms with E-state index in [4.69, 9.17) is 14.2 Å². The second-order valence-corrected chi connectivity index (χ2v) is 5.96. The average Bonchev–Trinajstić information content (AvgIpc) is 3.23. The van der Waals surface area contributed by atoms with Crippen molar-refractivity contribution >= 4 is 17.8 Å². The Bertz CT molecular complexity index is 887. The van der Waals surface area contributed by atoms with Crippen molar-refractivity contribution in [3.63, 3.8) is 0 Å². The van der Waals surface area contributed by atoms with E-state index in [9.17, 15) is 14.4 Å². The van der Waals surface area contributed by atoms with Crippen LogP contribution in [0.4, 0.5) is 0 Å². The summed E-state index contributed by atoms with van der Waals surface area (Å²) in [5.74, 6) is -0.474. The molecule has 4 rings (SSSR count). The number of fused-ring (bicyclic) bond motifs is 2. The highest BCUT2D eigenvalue weighted by molar-refractivity contribution is 6.22. The molecular weight excluding hydrogens is 338 g/mol. The Morgan fingerprint density at radius 2 is 1.73 bits per heavy atom. The summed E-state index contributed by atoms with van der Waals surface area (Å²) in [6, 6.07) is 10.7. The van der Waals surface area contributed by atoms with E-state index in [1.54, 1.807) is 42.5 Å². The van der Waals surface area contributed by atoms with Crippen LogP contribution in [-0.4, -0.2) is 42.6 Å². The fourth-order valence-corrected chi connectivity index (χ4v) is 3.20. The molecule has 0 unspecified atom stereocenters. The molecule has 0 fully saturated rings. The zero-order chi connectivity index (χ0) is 18.3. The smallest absolute Gasteiger partial charge is 0.329 e. The number of amides is 2. The fraction of sp³-hybridized carbons (Fsp3) is 0.211. The largest absolute Gasteiger partial charge is 0.467 e. The molecule has 7 heteroatoms. The predicted octanol–water partition coefficient (Wildman–Crippen LogP) is 1.80. The third-order valence-electron chi connectivity index (χ3n) is 4.48. The lowest BCUT2D eigenvalue weighted by atomic mass is 10.0. The molecule has 2 aromatic carbocycles. The van der Waals surface area contributed by atoms with E-state index in [0.717, 1.165) is 10.5 Å². The topological polar surface area (TPSA) is 82.1 Å². The van der Waals surface area contributed by atoms with Gasteiger partial charge in [0.25, 0.3) is 11.8 Å². The van der Waals surface area contributed by atoms with Crippen LogP contribution in [0.15, 0.2) is 42.5 Å².